The maximum absolute atomic E-state index is 3.57. The molecule has 1 rings (SSSR count). The Morgan fingerprint density at radius 2 is 2.00 bits per heavy atom. The first-order chi connectivity index (χ1) is 5.86. The molecular formula is C9H11BrMgS. The monoisotopic (exact) mass is 254 g/mol. The van der Waals surface area contributed by atoms with E-state index in [1.807, 2.05) is 0 Å². The van der Waals surface area contributed by atoms with Gasteiger partial charge in [0.2, 0.25) is 0 Å². The van der Waals surface area contributed by atoms with Gasteiger partial charge in [0.15, 0.2) is 0 Å². The SMILES string of the molecule is CSc1ccc(C[CH2][Mg][Br])cc1. The van der Waals surface area contributed by atoms with Crippen LogP contribution >= 0.6 is 24.6 Å². The van der Waals surface area contributed by atoms with E-state index in [4.69, 9.17) is 0 Å². The van der Waals surface area contributed by atoms with Gasteiger partial charge < -0.3 is 12.9 Å². The molecule has 0 aliphatic rings. The molecule has 0 saturated carbocycles. The van der Waals surface area contributed by atoms with Crippen molar-refractivity contribution in [2.45, 2.75) is 15.9 Å². The van der Waals surface area contributed by atoms with Crippen LogP contribution in [0, 0.1) is 0 Å². The van der Waals surface area contributed by atoms with Crippen molar-refractivity contribution in [2.75, 3.05) is 6.26 Å². The van der Waals surface area contributed by atoms with Crippen LogP contribution in [0.4, 0.5) is 0 Å². The average molecular weight is 255 g/mol. The molecule has 0 bridgehead atoms. The van der Waals surface area contributed by atoms with Crippen LogP contribution in [0.15, 0.2) is 29.2 Å². The predicted octanol–water partition coefficient (Wildman–Crippen LogP) is 3.38. The van der Waals surface area contributed by atoms with Gasteiger partial charge in [0.1, 0.15) is 0 Å². The van der Waals surface area contributed by atoms with Crippen LogP contribution in [-0.4, -0.2) is 24.4 Å². The Kier molecular flexibility index (Phi) is 5.72. The Balaban J connectivity index is 2.53. The minimum atomic E-state index is 0.0626. The van der Waals surface area contributed by atoms with Gasteiger partial charge in [0, 0.05) is 4.90 Å². The third-order valence-electron chi connectivity index (χ3n) is 1.76. The summed E-state index contributed by atoms with van der Waals surface area (Å²) in [4.78, 5) is 1.36. The zero-order valence-electron chi connectivity index (χ0n) is 7.22. The highest BCUT2D eigenvalue weighted by atomic mass is 79.9. The van der Waals surface area contributed by atoms with Gasteiger partial charge in [-0.2, -0.15) is 0 Å². The topological polar surface area (TPSA) is 0 Å². The molecule has 62 valence electrons. The minimum Gasteiger partial charge on any atom is -0.307 e. The van der Waals surface area contributed by atoms with E-state index < -0.39 is 0 Å². The van der Waals surface area contributed by atoms with Crippen LogP contribution in [0.5, 0.6) is 0 Å². The number of halogens is 1. The summed E-state index contributed by atoms with van der Waals surface area (Å²) in [6.45, 7) is 0. The fraction of sp³-hybridized carbons (Fsp3) is 0.333. The standard InChI is InChI=1S/C9H11S.BrH.Mg/c1-3-8-4-6-9(10-2)7-5-8;;/h4-7H,1,3H2,2H3;1H;/q;;+1/p-1. The number of hydrogen-bond acceptors (Lipinski definition) is 1. The fourth-order valence-electron chi connectivity index (χ4n) is 1.06. The summed E-state index contributed by atoms with van der Waals surface area (Å²) in [5.74, 6) is 0. The number of hydrogen-bond donors (Lipinski definition) is 0. The third-order valence-corrected chi connectivity index (χ3v) is 4.80. The maximum atomic E-state index is 3.57. The number of rotatable bonds is 4. The Labute approximate surface area is 94.1 Å². The van der Waals surface area contributed by atoms with Crippen molar-refractivity contribution >= 4 is 42.8 Å². The van der Waals surface area contributed by atoms with Gasteiger partial charge in [0.05, 0.1) is 0 Å². The highest BCUT2D eigenvalue weighted by molar-refractivity contribution is 9.23. The van der Waals surface area contributed by atoms with Crippen LogP contribution in [-0.2, 0) is 6.42 Å². The molecule has 0 heterocycles. The molecule has 0 nitrogen and oxygen atoms in total. The molecule has 0 aliphatic carbocycles. The van der Waals surface area contributed by atoms with Crippen LogP contribution in [0.1, 0.15) is 5.56 Å². The van der Waals surface area contributed by atoms with E-state index in [-0.39, 0.29) is 18.2 Å². The van der Waals surface area contributed by atoms with E-state index >= 15 is 0 Å². The molecule has 0 amide bonds. The molecule has 1 aromatic rings. The quantitative estimate of drug-likeness (QED) is 0.587. The number of thioether (sulfide) groups is 1. The van der Waals surface area contributed by atoms with Gasteiger partial charge in [-0.05, 0) is 24.8 Å². The Bertz CT molecular complexity index is 222. The van der Waals surface area contributed by atoms with Gasteiger partial charge in [-0.1, -0.05) is 17.7 Å². The smallest absolute Gasteiger partial charge is 0.307 e. The lowest BCUT2D eigenvalue weighted by Crippen LogP contribution is -1.85. The summed E-state index contributed by atoms with van der Waals surface area (Å²) in [6.07, 6.45) is 3.35. The van der Waals surface area contributed by atoms with Gasteiger partial charge in [-0.3, -0.25) is 0 Å². The van der Waals surface area contributed by atoms with E-state index in [1.165, 1.54) is 21.4 Å². The zero-order chi connectivity index (χ0) is 8.81. The molecule has 0 fully saturated rings. The second-order valence-electron chi connectivity index (χ2n) is 2.64. The molecule has 0 atom stereocenters. The molecule has 0 radical (unpaired) electrons. The highest BCUT2D eigenvalue weighted by Crippen LogP contribution is 2.15. The van der Waals surface area contributed by atoms with Crippen molar-refractivity contribution in [1.82, 2.24) is 0 Å². The minimum absolute atomic E-state index is 0.0626. The normalized spacial score (nSPS) is 9.50. The van der Waals surface area contributed by atoms with Crippen molar-refractivity contribution in [3.8, 4) is 0 Å². The molecule has 3 heteroatoms. The summed E-state index contributed by atoms with van der Waals surface area (Å²) in [6, 6.07) is 8.89. The third kappa shape index (κ3) is 3.69. The second kappa shape index (κ2) is 6.30. The first-order valence-corrected chi connectivity index (χ1v) is 10.2. The van der Waals surface area contributed by atoms with E-state index in [1.54, 1.807) is 11.8 Å². The van der Waals surface area contributed by atoms with E-state index in [0.29, 0.717) is 0 Å². The lowest BCUT2D eigenvalue weighted by atomic mass is 10.2. The van der Waals surface area contributed by atoms with Crippen LogP contribution in [0.2, 0.25) is 4.55 Å². The number of aryl methyl sites for hydroxylation is 1. The maximum Gasteiger partial charge on any atom is 0.468 e. The van der Waals surface area contributed by atoms with Crippen molar-refractivity contribution in [1.29, 1.82) is 0 Å². The fourth-order valence-corrected chi connectivity index (χ4v) is 2.85. The van der Waals surface area contributed by atoms with Crippen LogP contribution in [0.3, 0.4) is 0 Å². The molecule has 0 spiro atoms. The number of benzene rings is 1. The molecule has 0 aromatic heterocycles. The van der Waals surface area contributed by atoms with Crippen molar-refractivity contribution in [2.24, 2.45) is 0 Å². The lowest BCUT2D eigenvalue weighted by molar-refractivity contribution is 1.12. The van der Waals surface area contributed by atoms with Crippen molar-refractivity contribution in [3.63, 3.8) is 0 Å². The first kappa shape index (κ1) is 10.9. The predicted molar refractivity (Wildman–Crippen MR) is 61.4 cm³/mol. The molecule has 0 unspecified atom stereocenters. The van der Waals surface area contributed by atoms with Crippen LogP contribution < -0.4 is 0 Å². The molecule has 0 N–H and O–H groups in total. The second-order valence-corrected chi connectivity index (χ2v) is 6.98. The molecule has 0 saturated heterocycles. The first-order valence-electron chi connectivity index (χ1n) is 4.05. The molecule has 1 aromatic carbocycles. The molecular weight excluding hydrogens is 244 g/mol. The highest BCUT2D eigenvalue weighted by Gasteiger charge is 1.94. The largest absolute Gasteiger partial charge is 0.468 e. The Hall–Kier alpha value is 0.816. The molecule has 0 aliphatic heterocycles. The summed E-state index contributed by atoms with van der Waals surface area (Å²) in [5, 5.41) is 0. The average Bonchev–Trinajstić information content (AvgIpc) is 2.15. The van der Waals surface area contributed by atoms with Gasteiger partial charge >= 0.3 is 18.2 Å². The zero-order valence-corrected chi connectivity index (χ0v) is 11.0. The van der Waals surface area contributed by atoms with E-state index in [9.17, 15) is 0 Å². The van der Waals surface area contributed by atoms with Crippen molar-refractivity contribution in [3.05, 3.63) is 29.8 Å². The van der Waals surface area contributed by atoms with E-state index in [0.717, 1.165) is 0 Å². The lowest BCUT2D eigenvalue weighted by Gasteiger charge is -2.00. The summed E-state index contributed by atoms with van der Waals surface area (Å²) >= 11 is 5.43. The molecule has 12 heavy (non-hydrogen) atoms. The van der Waals surface area contributed by atoms with Gasteiger partial charge in [-0.15, -0.1) is 16.3 Å². The van der Waals surface area contributed by atoms with Crippen molar-refractivity contribution < 1.29 is 0 Å². The summed E-state index contributed by atoms with van der Waals surface area (Å²) in [5.41, 5.74) is 1.47. The Morgan fingerprint density at radius 1 is 1.33 bits per heavy atom. The van der Waals surface area contributed by atoms with Gasteiger partial charge in [0.25, 0.3) is 0 Å². The summed E-state index contributed by atoms with van der Waals surface area (Å²) in [7, 11) is 0. The summed E-state index contributed by atoms with van der Waals surface area (Å²) < 4.78 is 1.36. The van der Waals surface area contributed by atoms with E-state index in [2.05, 4.69) is 43.4 Å². The van der Waals surface area contributed by atoms with Crippen LogP contribution in [0.25, 0.3) is 0 Å². The van der Waals surface area contributed by atoms with Gasteiger partial charge in [-0.25, -0.2) is 0 Å². The Morgan fingerprint density at radius 3 is 2.50 bits per heavy atom.